The average Bonchev–Trinajstić information content (AvgIpc) is 3.25. The zero-order valence-electron chi connectivity index (χ0n) is 17.8. The van der Waals surface area contributed by atoms with Gasteiger partial charge < -0.3 is 19.6 Å². The van der Waals surface area contributed by atoms with E-state index in [1.165, 1.54) is 5.56 Å². The number of rotatable bonds is 3. The van der Waals surface area contributed by atoms with Crippen LogP contribution in [0.5, 0.6) is 17.4 Å². The molecule has 0 bridgehead atoms. The van der Waals surface area contributed by atoms with Crippen molar-refractivity contribution in [2.45, 2.75) is 31.9 Å². The Bertz CT molecular complexity index is 1420. The van der Waals surface area contributed by atoms with E-state index in [1.807, 2.05) is 31.3 Å². The van der Waals surface area contributed by atoms with Gasteiger partial charge in [-0.3, -0.25) is 9.98 Å². The summed E-state index contributed by atoms with van der Waals surface area (Å²) in [5.41, 5.74) is 3.83. The van der Waals surface area contributed by atoms with Crippen LogP contribution in [-0.4, -0.2) is 32.0 Å². The number of phenolic OH excluding ortho intramolecular Hbond substituents is 1. The first-order valence-corrected chi connectivity index (χ1v) is 10.4. The number of fused-ring (bicyclic) bond motifs is 4. The average molecular weight is 619 g/mol. The number of benzene rings is 1. The van der Waals surface area contributed by atoms with Crippen LogP contribution in [0.2, 0.25) is 0 Å². The molecule has 33 heavy (non-hydrogen) atoms. The molecule has 0 amide bonds. The van der Waals surface area contributed by atoms with Crippen molar-refractivity contribution in [2.24, 2.45) is 4.99 Å². The second-order valence-electron chi connectivity index (χ2n) is 8.31. The summed E-state index contributed by atoms with van der Waals surface area (Å²) in [5, 5.41) is 11.1. The van der Waals surface area contributed by atoms with E-state index >= 15 is 0 Å². The predicted molar refractivity (Wildman–Crippen MR) is 118 cm³/mol. The summed E-state index contributed by atoms with van der Waals surface area (Å²) in [5.74, 6) is 1.34. The Morgan fingerprint density at radius 2 is 2.03 bits per heavy atom. The number of nitrogens with zero attached hydrogens (tertiary/aromatic N) is 4. The number of aromatic nitrogens is 3. The van der Waals surface area contributed by atoms with Gasteiger partial charge in [0, 0.05) is 56.9 Å². The molecular weight excluding hydrogens is 599 g/mol. The number of ether oxygens (including phenoxy) is 2. The third kappa shape index (κ3) is 3.57. The molecule has 0 saturated carbocycles. The Labute approximate surface area is 204 Å². The summed E-state index contributed by atoms with van der Waals surface area (Å²) >= 11 is 0. The van der Waals surface area contributed by atoms with Gasteiger partial charge in [-0.05, 0) is 55.4 Å². The van der Waals surface area contributed by atoms with Crippen LogP contribution in [0, 0.1) is 13.0 Å². The number of hydrogen-bond donors (Lipinski definition) is 1. The summed E-state index contributed by atoms with van der Waals surface area (Å²) in [7, 11) is 0. The topological polar surface area (TPSA) is 89.7 Å². The summed E-state index contributed by atoms with van der Waals surface area (Å²) in [6.45, 7) is 3.98. The fourth-order valence-corrected chi connectivity index (χ4v) is 4.49. The van der Waals surface area contributed by atoms with Crippen molar-refractivity contribution in [1.82, 2.24) is 15.0 Å². The number of pyridine rings is 3. The third-order valence-electron chi connectivity index (χ3n) is 6.06. The van der Waals surface area contributed by atoms with E-state index in [0.717, 1.165) is 22.9 Å². The molecule has 1 aromatic carbocycles. The second-order valence-corrected chi connectivity index (χ2v) is 8.31. The summed E-state index contributed by atoms with van der Waals surface area (Å²) < 4.78 is 12.2. The number of aryl methyl sites for hydroxylation is 1. The molecule has 6 rings (SSSR count). The molecule has 4 aromatic rings. The minimum absolute atomic E-state index is 0. The zero-order valence-corrected chi connectivity index (χ0v) is 20.1. The molecule has 4 heterocycles. The summed E-state index contributed by atoms with van der Waals surface area (Å²) in [6, 6.07) is 12.4. The maximum Gasteiger partial charge on any atom is 0.217 e. The standard InChI is InChI=1S/C25H19N4O3.Pt/c1-14-7-15-3-4-22(29-23(15)20(30)8-14)31-18-9-17(12-27-13-18)24-28-21-10-16-11-26-6-5-19(16)25(21,2)32-24;/h3-8,11-13,21,30H,10H2,1-2H3;/q-1;/t21-,25+;/m0./s1. The number of aliphatic imine (C=N–C) groups is 1. The molecule has 0 fully saturated rings. The van der Waals surface area contributed by atoms with Gasteiger partial charge in [-0.25, -0.2) is 4.98 Å². The first kappa shape index (κ1) is 21.5. The van der Waals surface area contributed by atoms with E-state index < -0.39 is 5.60 Å². The van der Waals surface area contributed by atoms with Crippen molar-refractivity contribution in [3.05, 3.63) is 83.4 Å². The fourth-order valence-electron chi connectivity index (χ4n) is 4.49. The molecule has 8 heteroatoms. The van der Waals surface area contributed by atoms with E-state index in [4.69, 9.17) is 14.5 Å². The van der Waals surface area contributed by atoms with Crippen LogP contribution in [0.1, 0.15) is 29.2 Å². The Kier molecular flexibility index (Phi) is 5.17. The minimum atomic E-state index is -0.520. The van der Waals surface area contributed by atoms with E-state index in [0.29, 0.717) is 28.6 Å². The SMILES string of the molecule is Cc1cc(O)c2nc(Oc3[c-]c(C4=N[C@H]5Cc6cnccc6[C@@]5(C)O4)cnc3)ccc2c1.[Pt]. The first-order valence-electron chi connectivity index (χ1n) is 10.4. The number of phenols is 1. The largest absolute Gasteiger partial charge is 0.508 e. The molecule has 3 aromatic heterocycles. The van der Waals surface area contributed by atoms with Crippen molar-refractivity contribution in [1.29, 1.82) is 0 Å². The van der Waals surface area contributed by atoms with Crippen molar-refractivity contribution >= 4 is 16.8 Å². The Balaban J connectivity index is 0.00000228. The molecule has 0 spiro atoms. The van der Waals surface area contributed by atoms with Crippen molar-refractivity contribution in [3.8, 4) is 17.4 Å². The molecule has 1 aliphatic heterocycles. The van der Waals surface area contributed by atoms with Crippen LogP contribution in [0.3, 0.4) is 0 Å². The molecule has 0 saturated heterocycles. The predicted octanol–water partition coefficient (Wildman–Crippen LogP) is 4.25. The Morgan fingerprint density at radius 3 is 2.91 bits per heavy atom. The van der Waals surface area contributed by atoms with Crippen molar-refractivity contribution < 1.29 is 35.6 Å². The molecule has 0 unspecified atom stereocenters. The molecule has 168 valence electrons. The number of hydrogen-bond acceptors (Lipinski definition) is 7. The van der Waals surface area contributed by atoms with Gasteiger partial charge in [0.05, 0.1) is 11.8 Å². The van der Waals surface area contributed by atoms with Crippen molar-refractivity contribution in [2.75, 3.05) is 0 Å². The Morgan fingerprint density at radius 1 is 1.15 bits per heavy atom. The van der Waals surface area contributed by atoms with Crippen LogP contribution in [0.4, 0.5) is 0 Å². The first-order chi connectivity index (χ1) is 15.5. The molecule has 0 radical (unpaired) electrons. The quantitative estimate of drug-likeness (QED) is 0.346. The summed E-state index contributed by atoms with van der Waals surface area (Å²) in [4.78, 5) is 17.7. The van der Waals surface area contributed by atoms with Crippen LogP contribution in [0.25, 0.3) is 10.9 Å². The van der Waals surface area contributed by atoms with E-state index in [2.05, 4.69) is 27.9 Å². The van der Waals surface area contributed by atoms with Crippen LogP contribution >= 0.6 is 0 Å². The van der Waals surface area contributed by atoms with Crippen LogP contribution in [-0.2, 0) is 37.8 Å². The van der Waals surface area contributed by atoms with E-state index in [-0.39, 0.29) is 32.9 Å². The van der Waals surface area contributed by atoms with Gasteiger partial charge in [-0.15, -0.1) is 0 Å². The van der Waals surface area contributed by atoms with Gasteiger partial charge in [0.2, 0.25) is 5.88 Å². The minimum Gasteiger partial charge on any atom is -0.508 e. The fraction of sp³-hybridized carbons (Fsp3) is 0.200. The van der Waals surface area contributed by atoms with Gasteiger partial charge in [0.15, 0.2) is 0 Å². The van der Waals surface area contributed by atoms with Crippen molar-refractivity contribution in [3.63, 3.8) is 0 Å². The van der Waals surface area contributed by atoms with Gasteiger partial charge in [0.25, 0.3) is 0 Å². The van der Waals surface area contributed by atoms with Gasteiger partial charge >= 0.3 is 0 Å². The van der Waals surface area contributed by atoms with E-state index in [1.54, 1.807) is 30.7 Å². The van der Waals surface area contributed by atoms with Gasteiger partial charge in [-0.1, -0.05) is 17.8 Å². The summed E-state index contributed by atoms with van der Waals surface area (Å²) in [6.07, 6.45) is 7.67. The molecule has 7 nitrogen and oxygen atoms in total. The second kappa shape index (κ2) is 7.92. The van der Waals surface area contributed by atoms with Crippen LogP contribution < -0.4 is 4.74 Å². The Hall–Kier alpha value is -3.31. The monoisotopic (exact) mass is 618 g/mol. The van der Waals surface area contributed by atoms with E-state index in [9.17, 15) is 5.11 Å². The third-order valence-corrected chi connectivity index (χ3v) is 6.06. The van der Waals surface area contributed by atoms with Gasteiger partial charge in [-0.2, -0.15) is 0 Å². The molecular formula is C25H19N4O3Pt-. The normalized spacial score (nSPS) is 20.4. The van der Waals surface area contributed by atoms with Gasteiger partial charge in [0.1, 0.15) is 22.8 Å². The number of aromatic hydroxyl groups is 1. The zero-order chi connectivity index (χ0) is 21.9. The molecule has 1 N–H and O–H groups in total. The molecule has 1 aliphatic carbocycles. The molecule has 2 aliphatic rings. The molecule has 2 atom stereocenters. The maximum absolute atomic E-state index is 10.2. The smallest absolute Gasteiger partial charge is 0.217 e. The van der Waals surface area contributed by atoms with Crippen LogP contribution in [0.15, 0.2) is 60.1 Å². The maximum atomic E-state index is 10.2.